The molecule has 3 N–H and O–H groups in total. The summed E-state index contributed by atoms with van der Waals surface area (Å²) in [5, 5.41) is 3.02. The molecule has 0 aliphatic carbocycles. The molecule has 140 valence electrons. The molecule has 0 unspecified atom stereocenters. The lowest BCUT2D eigenvalue weighted by atomic mass is 9.84. The number of benzene rings is 2. The molecule has 1 heterocycles. The lowest BCUT2D eigenvalue weighted by molar-refractivity contribution is -0.120. The number of rotatable bonds is 5. The van der Waals surface area contributed by atoms with Gasteiger partial charge in [0.05, 0.1) is 6.42 Å². The Balaban J connectivity index is 0.00000243. The van der Waals surface area contributed by atoms with Gasteiger partial charge in [0, 0.05) is 17.6 Å². The van der Waals surface area contributed by atoms with Gasteiger partial charge in [-0.1, -0.05) is 32.0 Å². The van der Waals surface area contributed by atoms with Crippen molar-refractivity contribution in [2.45, 2.75) is 25.7 Å². The molecule has 1 amide bonds. The number of halogens is 1. The molecule has 26 heavy (non-hydrogen) atoms. The van der Waals surface area contributed by atoms with Crippen LogP contribution in [0.1, 0.15) is 25.0 Å². The summed E-state index contributed by atoms with van der Waals surface area (Å²) >= 11 is 0. The number of hydrogen-bond acceptors (Lipinski definition) is 4. The number of fused-ring (bicyclic) bond motifs is 1. The van der Waals surface area contributed by atoms with Crippen LogP contribution in [0.4, 0.5) is 5.69 Å². The average molecular weight is 377 g/mol. The highest BCUT2D eigenvalue weighted by atomic mass is 35.5. The van der Waals surface area contributed by atoms with E-state index in [4.69, 9.17) is 15.2 Å². The predicted molar refractivity (Wildman–Crippen MR) is 105 cm³/mol. The lowest BCUT2D eigenvalue weighted by Gasteiger charge is -2.28. The van der Waals surface area contributed by atoms with E-state index in [1.807, 2.05) is 42.5 Å². The molecule has 0 fully saturated rings. The molecule has 2 aromatic rings. The Morgan fingerprint density at radius 2 is 1.73 bits per heavy atom. The second kappa shape index (κ2) is 8.32. The summed E-state index contributed by atoms with van der Waals surface area (Å²) in [6.45, 7) is 5.89. The first-order valence-corrected chi connectivity index (χ1v) is 8.45. The van der Waals surface area contributed by atoms with Crippen LogP contribution >= 0.6 is 12.4 Å². The maximum Gasteiger partial charge on any atom is 0.224 e. The number of amides is 1. The van der Waals surface area contributed by atoms with E-state index in [1.165, 1.54) is 0 Å². The average Bonchev–Trinajstić information content (AvgIpc) is 2.62. The molecule has 2 aromatic carbocycles. The fraction of sp³-hybridized carbons (Fsp3) is 0.350. The third kappa shape index (κ3) is 4.82. The van der Waals surface area contributed by atoms with Gasteiger partial charge in [-0.15, -0.1) is 12.4 Å². The third-order valence-electron chi connectivity index (χ3n) is 4.40. The number of carbonyl (C=O) groups excluding carboxylic acids is 1. The second-order valence-corrected chi connectivity index (χ2v) is 6.94. The van der Waals surface area contributed by atoms with Crippen molar-refractivity contribution in [2.75, 3.05) is 25.5 Å². The van der Waals surface area contributed by atoms with Crippen LogP contribution in [0.25, 0.3) is 0 Å². The van der Waals surface area contributed by atoms with Gasteiger partial charge in [-0.2, -0.15) is 0 Å². The van der Waals surface area contributed by atoms with E-state index < -0.39 is 0 Å². The van der Waals surface area contributed by atoms with E-state index in [2.05, 4.69) is 19.2 Å². The van der Waals surface area contributed by atoms with Crippen molar-refractivity contribution in [1.82, 2.24) is 5.32 Å². The minimum absolute atomic E-state index is 0. The van der Waals surface area contributed by atoms with Gasteiger partial charge in [0.25, 0.3) is 0 Å². The Morgan fingerprint density at radius 1 is 1.08 bits per heavy atom. The van der Waals surface area contributed by atoms with Gasteiger partial charge < -0.3 is 20.5 Å². The molecule has 0 aromatic heterocycles. The van der Waals surface area contributed by atoms with Crippen molar-refractivity contribution >= 4 is 24.0 Å². The highest BCUT2D eigenvalue weighted by molar-refractivity contribution is 5.85. The zero-order valence-corrected chi connectivity index (χ0v) is 15.9. The molecule has 0 atom stereocenters. The monoisotopic (exact) mass is 376 g/mol. The van der Waals surface area contributed by atoms with Gasteiger partial charge in [0.1, 0.15) is 13.2 Å². The number of hydrogen-bond donors (Lipinski definition) is 2. The fourth-order valence-electron chi connectivity index (χ4n) is 2.77. The summed E-state index contributed by atoms with van der Waals surface area (Å²) in [6.07, 6.45) is 0.345. The zero-order valence-electron chi connectivity index (χ0n) is 15.1. The van der Waals surface area contributed by atoms with E-state index in [9.17, 15) is 4.79 Å². The Morgan fingerprint density at radius 3 is 2.42 bits per heavy atom. The minimum atomic E-state index is -0.216. The topological polar surface area (TPSA) is 73.6 Å². The van der Waals surface area contributed by atoms with E-state index in [0.717, 1.165) is 22.6 Å². The van der Waals surface area contributed by atoms with Crippen LogP contribution in [0.3, 0.4) is 0 Å². The molecule has 0 bridgehead atoms. The van der Waals surface area contributed by atoms with Crippen molar-refractivity contribution in [1.29, 1.82) is 0 Å². The normalized spacial score (nSPS) is 12.8. The number of nitrogens with one attached hydrogen (secondary N) is 1. The van der Waals surface area contributed by atoms with Gasteiger partial charge in [-0.3, -0.25) is 4.79 Å². The SMILES string of the molecule is CC(C)(CNC(=O)Cc1ccc(N)cc1)c1ccc2c(c1)OCCO2.Cl. The quantitative estimate of drug-likeness (QED) is 0.786. The van der Waals surface area contributed by atoms with E-state index in [1.54, 1.807) is 0 Å². The summed E-state index contributed by atoms with van der Waals surface area (Å²) in [4.78, 5) is 12.2. The summed E-state index contributed by atoms with van der Waals surface area (Å²) in [7, 11) is 0. The van der Waals surface area contributed by atoms with Crippen LogP contribution in [-0.4, -0.2) is 25.7 Å². The first kappa shape index (κ1) is 19.9. The van der Waals surface area contributed by atoms with Crippen LogP contribution < -0.4 is 20.5 Å². The Hall–Kier alpha value is -2.40. The number of ether oxygens (including phenoxy) is 2. The first-order valence-electron chi connectivity index (χ1n) is 8.45. The lowest BCUT2D eigenvalue weighted by Crippen LogP contribution is -2.37. The largest absolute Gasteiger partial charge is 0.486 e. The standard InChI is InChI=1S/C20H24N2O3.ClH/c1-20(2,15-5-8-17-18(12-15)25-10-9-24-17)13-22-19(23)11-14-3-6-16(21)7-4-14;/h3-8,12H,9-11,13,21H2,1-2H3,(H,22,23);1H. The molecule has 6 heteroatoms. The molecule has 1 aliphatic rings. The van der Waals surface area contributed by atoms with Crippen LogP contribution in [0.15, 0.2) is 42.5 Å². The molecule has 0 saturated carbocycles. The molecule has 0 saturated heterocycles. The van der Waals surface area contributed by atoms with Gasteiger partial charge in [0.15, 0.2) is 11.5 Å². The molecule has 0 radical (unpaired) electrons. The van der Waals surface area contributed by atoms with Gasteiger partial charge in [-0.25, -0.2) is 0 Å². The number of nitrogens with two attached hydrogens (primary N) is 1. The minimum Gasteiger partial charge on any atom is -0.486 e. The number of carbonyl (C=O) groups is 1. The summed E-state index contributed by atoms with van der Waals surface area (Å²) in [6, 6.07) is 13.3. The zero-order chi connectivity index (χ0) is 17.9. The first-order chi connectivity index (χ1) is 11.9. The molecular formula is C20H25ClN2O3. The number of anilines is 1. The third-order valence-corrected chi connectivity index (χ3v) is 4.40. The maximum absolute atomic E-state index is 12.2. The smallest absolute Gasteiger partial charge is 0.224 e. The number of nitrogen functional groups attached to an aromatic ring is 1. The summed E-state index contributed by atoms with van der Waals surface area (Å²) in [5.74, 6) is 1.54. The molecule has 3 rings (SSSR count). The Labute approximate surface area is 160 Å². The Kier molecular flexibility index (Phi) is 6.37. The molecule has 1 aliphatic heterocycles. The maximum atomic E-state index is 12.2. The highest BCUT2D eigenvalue weighted by Gasteiger charge is 2.24. The van der Waals surface area contributed by atoms with Crippen LogP contribution in [0.2, 0.25) is 0 Å². The predicted octanol–water partition coefficient (Wildman–Crippen LogP) is 3.10. The summed E-state index contributed by atoms with van der Waals surface area (Å²) in [5.41, 5.74) is 8.20. The summed E-state index contributed by atoms with van der Waals surface area (Å²) < 4.78 is 11.2. The second-order valence-electron chi connectivity index (χ2n) is 6.94. The molecule has 5 nitrogen and oxygen atoms in total. The van der Waals surface area contributed by atoms with E-state index >= 15 is 0 Å². The van der Waals surface area contributed by atoms with Crippen molar-refractivity contribution in [3.05, 3.63) is 53.6 Å². The Bertz CT molecular complexity index is 760. The fourth-order valence-corrected chi connectivity index (χ4v) is 2.77. The van der Waals surface area contributed by atoms with Crippen LogP contribution in [0, 0.1) is 0 Å². The van der Waals surface area contributed by atoms with E-state index in [0.29, 0.717) is 31.9 Å². The van der Waals surface area contributed by atoms with Crippen molar-refractivity contribution < 1.29 is 14.3 Å². The highest BCUT2D eigenvalue weighted by Crippen LogP contribution is 2.34. The molecule has 0 spiro atoms. The van der Waals surface area contributed by atoms with E-state index in [-0.39, 0.29) is 23.7 Å². The molecular weight excluding hydrogens is 352 g/mol. The van der Waals surface area contributed by atoms with Crippen molar-refractivity contribution in [3.63, 3.8) is 0 Å². The van der Waals surface area contributed by atoms with Crippen LogP contribution in [0.5, 0.6) is 11.5 Å². The van der Waals surface area contributed by atoms with Gasteiger partial charge in [0.2, 0.25) is 5.91 Å². The van der Waals surface area contributed by atoms with Gasteiger partial charge in [-0.05, 0) is 35.4 Å². The van der Waals surface area contributed by atoms with Gasteiger partial charge >= 0.3 is 0 Å². The van der Waals surface area contributed by atoms with Crippen molar-refractivity contribution in [3.8, 4) is 11.5 Å². The van der Waals surface area contributed by atoms with Crippen molar-refractivity contribution in [2.24, 2.45) is 0 Å². The van der Waals surface area contributed by atoms with Crippen LogP contribution in [-0.2, 0) is 16.6 Å².